The van der Waals surface area contributed by atoms with Crippen molar-refractivity contribution in [2.24, 2.45) is 5.92 Å². The van der Waals surface area contributed by atoms with Crippen LogP contribution in [-0.2, 0) is 14.8 Å². The quantitative estimate of drug-likeness (QED) is 0.806. The number of ether oxygens (including phenoxy) is 1. The molecule has 0 bridgehead atoms. The third-order valence-electron chi connectivity index (χ3n) is 5.11. The van der Waals surface area contributed by atoms with Gasteiger partial charge in [-0.1, -0.05) is 30.3 Å². The molecule has 0 saturated carbocycles. The van der Waals surface area contributed by atoms with Crippen molar-refractivity contribution < 1.29 is 17.9 Å². The van der Waals surface area contributed by atoms with Crippen LogP contribution in [0.4, 0.5) is 0 Å². The van der Waals surface area contributed by atoms with Gasteiger partial charge in [-0.15, -0.1) is 0 Å². The zero-order chi connectivity index (χ0) is 20.1. The fraction of sp³-hybridized carbons (Fsp3) is 0.381. The van der Waals surface area contributed by atoms with Gasteiger partial charge in [0.05, 0.1) is 24.0 Å². The number of carbonyl (C=O) groups is 1. The van der Waals surface area contributed by atoms with Crippen LogP contribution in [0.25, 0.3) is 0 Å². The van der Waals surface area contributed by atoms with Crippen molar-refractivity contribution in [3.05, 3.63) is 60.2 Å². The maximum atomic E-state index is 13.0. The van der Waals surface area contributed by atoms with Gasteiger partial charge in [0.25, 0.3) is 0 Å². The molecule has 1 heterocycles. The Morgan fingerprint density at radius 2 is 1.82 bits per heavy atom. The maximum Gasteiger partial charge on any atom is 0.243 e. The van der Waals surface area contributed by atoms with Gasteiger partial charge >= 0.3 is 0 Å². The van der Waals surface area contributed by atoms with Crippen molar-refractivity contribution in [1.82, 2.24) is 9.62 Å². The molecule has 7 heteroatoms. The molecule has 1 saturated heterocycles. The third kappa shape index (κ3) is 4.54. The van der Waals surface area contributed by atoms with Crippen LogP contribution in [0.2, 0.25) is 0 Å². The number of carbonyl (C=O) groups excluding carboxylic acids is 1. The molecule has 1 fully saturated rings. The third-order valence-corrected chi connectivity index (χ3v) is 6.99. The number of hydrogen-bond donors (Lipinski definition) is 1. The summed E-state index contributed by atoms with van der Waals surface area (Å²) in [5.41, 5.74) is 1.02. The van der Waals surface area contributed by atoms with E-state index in [1.807, 2.05) is 37.3 Å². The van der Waals surface area contributed by atoms with Gasteiger partial charge in [0.2, 0.25) is 15.9 Å². The van der Waals surface area contributed by atoms with Gasteiger partial charge in [0, 0.05) is 13.1 Å². The van der Waals surface area contributed by atoms with Crippen LogP contribution >= 0.6 is 0 Å². The van der Waals surface area contributed by atoms with E-state index in [1.165, 1.54) is 23.5 Å². The van der Waals surface area contributed by atoms with E-state index in [1.54, 1.807) is 12.1 Å². The van der Waals surface area contributed by atoms with Crippen LogP contribution in [0, 0.1) is 5.92 Å². The number of hydrogen-bond acceptors (Lipinski definition) is 4. The van der Waals surface area contributed by atoms with E-state index in [-0.39, 0.29) is 29.3 Å². The Labute approximate surface area is 166 Å². The smallest absolute Gasteiger partial charge is 0.243 e. The van der Waals surface area contributed by atoms with Crippen molar-refractivity contribution in [2.45, 2.75) is 30.7 Å². The number of amides is 1. The van der Waals surface area contributed by atoms with Crippen molar-refractivity contribution in [1.29, 1.82) is 0 Å². The molecule has 0 radical (unpaired) electrons. The molecule has 1 amide bonds. The summed E-state index contributed by atoms with van der Waals surface area (Å²) in [5, 5.41) is 3.02. The Morgan fingerprint density at radius 3 is 2.46 bits per heavy atom. The van der Waals surface area contributed by atoms with Crippen LogP contribution < -0.4 is 10.1 Å². The van der Waals surface area contributed by atoms with Crippen molar-refractivity contribution in [3.63, 3.8) is 0 Å². The average molecular weight is 403 g/mol. The molecule has 6 nitrogen and oxygen atoms in total. The molecule has 2 aromatic carbocycles. The zero-order valence-electron chi connectivity index (χ0n) is 16.2. The second kappa shape index (κ2) is 8.75. The van der Waals surface area contributed by atoms with Crippen molar-refractivity contribution >= 4 is 15.9 Å². The molecule has 28 heavy (non-hydrogen) atoms. The first-order chi connectivity index (χ1) is 13.4. The first-order valence-corrected chi connectivity index (χ1v) is 10.9. The molecule has 2 aromatic rings. The normalized spacial score (nSPS) is 19.0. The minimum Gasteiger partial charge on any atom is -0.497 e. The Morgan fingerprint density at radius 1 is 1.14 bits per heavy atom. The monoisotopic (exact) mass is 402 g/mol. The van der Waals surface area contributed by atoms with Crippen LogP contribution in [0.3, 0.4) is 0 Å². The van der Waals surface area contributed by atoms with Gasteiger partial charge in [0.1, 0.15) is 5.75 Å². The van der Waals surface area contributed by atoms with Crippen LogP contribution in [0.15, 0.2) is 59.5 Å². The Hall–Kier alpha value is -2.38. The first kappa shape index (κ1) is 20.4. The van der Waals surface area contributed by atoms with E-state index >= 15 is 0 Å². The van der Waals surface area contributed by atoms with E-state index in [0.29, 0.717) is 25.1 Å². The van der Waals surface area contributed by atoms with E-state index in [2.05, 4.69) is 5.32 Å². The second-order valence-electron chi connectivity index (χ2n) is 7.02. The minimum atomic E-state index is -3.64. The highest BCUT2D eigenvalue weighted by molar-refractivity contribution is 7.89. The molecule has 1 aliphatic heterocycles. The molecule has 1 aliphatic rings. The summed E-state index contributed by atoms with van der Waals surface area (Å²) in [6.45, 7) is 2.55. The topological polar surface area (TPSA) is 75.7 Å². The summed E-state index contributed by atoms with van der Waals surface area (Å²) < 4.78 is 32.4. The van der Waals surface area contributed by atoms with Gasteiger partial charge in [0.15, 0.2) is 0 Å². The fourth-order valence-electron chi connectivity index (χ4n) is 3.43. The Kier molecular flexibility index (Phi) is 6.36. The summed E-state index contributed by atoms with van der Waals surface area (Å²) in [5.74, 6) is 0.142. The zero-order valence-corrected chi connectivity index (χ0v) is 17.0. The highest BCUT2D eigenvalue weighted by Crippen LogP contribution is 2.26. The summed E-state index contributed by atoms with van der Waals surface area (Å²) in [6, 6.07) is 15.9. The van der Waals surface area contributed by atoms with Crippen molar-refractivity contribution in [3.8, 4) is 5.75 Å². The molecule has 0 aromatic heterocycles. The number of nitrogens with zero attached hydrogens (tertiary/aromatic N) is 1. The number of sulfonamides is 1. The Bertz CT molecular complexity index is 898. The number of benzene rings is 2. The lowest BCUT2D eigenvalue weighted by Gasteiger charge is -2.32. The van der Waals surface area contributed by atoms with E-state index in [9.17, 15) is 13.2 Å². The van der Waals surface area contributed by atoms with Gasteiger partial charge < -0.3 is 10.1 Å². The van der Waals surface area contributed by atoms with Crippen molar-refractivity contribution in [2.75, 3.05) is 20.2 Å². The Balaban J connectivity index is 1.68. The van der Waals surface area contributed by atoms with Gasteiger partial charge in [-0.25, -0.2) is 8.42 Å². The lowest BCUT2D eigenvalue weighted by atomic mass is 9.98. The predicted octanol–water partition coefficient (Wildman–Crippen LogP) is 2.97. The maximum absolute atomic E-state index is 13.0. The standard InChI is InChI=1S/C21H26N2O4S/c1-16(17-7-4-3-5-8-17)22-21(24)18-9-6-14-23(15-18)28(25,26)20-12-10-19(27-2)11-13-20/h3-5,7-8,10-13,16,18H,6,9,14-15H2,1-2H3,(H,22,24)/t16-,18?/m1/s1. The average Bonchev–Trinajstić information content (AvgIpc) is 2.74. The van der Waals surface area contributed by atoms with E-state index < -0.39 is 10.0 Å². The molecule has 0 aliphatic carbocycles. The molecule has 1 unspecified atom stereocenters. The first-order valence-electron chi connectivity index (χ1n) is 9.41. The predicted molar refractivity (Wildman–Crippen MR) is 107 cm³/mol. The molecule has 0 spiro atoms. The lowest BCUT2D eigenvalue weighted by Crippen LogP contribution is -2.45. The molecular formula is C21H26N2O4S. The minimum absolute atomic E-state index is 0.106. The molecule has 3 rings (SSSR count). The second-order valence-corrected chi connectivity index (χ2v) is 8.96. The highest BCUT2D eigenvalue weighted by Gasteiger charge is 2.33. The fourth-order valence-corrected chi connectivity index (χ4v) is 4.95. The van der Waals surface area contributed by atoms with Crippen LogP contribution in [-0.4, -0.2) is 38.8 Å². The summed E-state index contributed by atoms with van der Waals surface area (Å²) >= 11 is 0. The molecule has 2 atom stereocenters. The summed E-state index contributed by atoms with van der Waals surface area (Å²) in [4.78, 5) is 12.9. The molecular weight excluding hydrogens is 376 g/mol. The van der Waals surface area contributed by atoms with Gasteiger partial charge in [-0.05, 0) is 49.6 Å². The highest BCUT2D eigenvalue weighted by atomic mass is 32.2. The van der Waals surface area contributed by atoms with E-state index in [4.69, 9.17) is 4.74 Å². The van der Waals surface area contributed by atoms with Crippen LogP contribution in [0.5, 0.6) is 5.75 Å². The SMILES string of the molecule is COc1ccc(S(=O)(=O)N2CCCC(C(=O)N[C@H](C)c3ccccc3)C2)cc1. The molecule has 150 valence electrons. The van der Waals surface area contributed by atoms with Gasteiger partial charge in [-0.2, -0.15) is 4.31 Å². The summed E-state index contributed by atoms with van der Waals surface area (Å²) in [6.07, 6.45) is 1.34. The van der Waals surface area contributed by atoms with Gasteiger partial charge in [-0.3, -0.25) is 4.79 Å². The number of nitrogens with one attached hydrogen (secondary N) is 1. The molecule has 1 N–H and O–H groups in total. The number of piperidine rings is 1. The number of rotatable bonds is 6. The largest absolute Gasteiger partial charge is 0.497 e. The van der Waals surface area contributed by atoms with E-state index in [0.717, 1.165) is 5.56 Å². The number of methoxy groups -OCH3 is 1. The lowest BCUT2D eigenvalue weighted by molar-refractivity contribution is -0.126. The summed E-state index contributed by atoms with van der Waals surface area (Å²) in [7, 11) is -2.10. The van der Waals surface area contributed by atoms with Crippen LogP contribution in [0.1, 0.15) is 31.4 Å².